The molecule has 0 saturated heterocycles. The molecule has 0 aromatic rings. The minimum Gasteiger partial charge on any atom is -0.233 e. The molecule has 0 spiro atoms. The largest absolute Gasteiger partial charge is 0.233 e. The molecular weight excluding hydrogens is 128 g/mol. The summed E-state index contributed by atoms with van der Waals surface area (Å²) in [5, 5.41) is 0. The van der Waals surface area contributed by atoms with Crippen molar-refractivity contribution in [2.24, 2.45) is 0 Å². The van der Waals surface area contributed by atoms with Crippen LogP contribution in [0.25, 0.3) is 0 Å². The van der Waals surface area contributed by atoms with Crippen LogP contribution in [0.5, 0.6) is 0 Å². The molecule has 0 heterocycles. The first-order valence-corrected chi connectivity index (χ1v) is 4.02. The summed E-state index contributed by atoms with van der Waals surface area (Å²) in [6.45, 7) is 8.15. The first kappa shape index (κ1) is 9.92. The number of hydrogen-bond donors (Lipinski definition) is 0. The lowest BCUT2D eigenvalue weighted by molar-refractivity contribution is -0.344. The van der Waals surface area contributed by atoms with E-state index in [0.717, 1.165) is 12.8 Å². The highest BCUT2D eigenvalue weighted by Crippen LogP contribution is 2.02. The molecule has 0 amide bonds. The SMILES string of the molecule is CCC(C)OOC(C)CC. The molecule has 0 aliphatic heterocycles. The smallest absolute Gasteiger partial charge is 0.0899 e. The fourth-order valence-corrected chi connectivity index (χ4v) is 0.326. The van der Waals surface area contributed by atoms with Gasteiger partial charge in [-0.2, -0.15) is 0 Å². The summed E-state index contributed by atoms with van der Waals surface area (Å²) in [7, 11) is 0. The Morgan fingerprint density at radius 1 is 0.900 bits per heavy atom. The second-order valence-electron chi connectivity index (χ2n) is 2.63. The lowest BCUT2D eigenvalue weighted by Crippen LogP contribution is -2.13. The number of hydrogen-bond acceptors (Lipinski definition) is 2. The molecule has 0 saturated carbocycles. The molecule has 2 nitrogen and oxygen atoms in total. The van der Waals surface area contributed by atoms with Crippen LogP contribution >= 0.6 is 0 Å². The van der Waals surface area contributed by atoms with Crippen LogP contribution in [0.3, 0.4) is 0 Å². The molecule has 0 aliphatic carbocycles. The Morgan fingerprint density at radius 2 is 1.20 bits per heavy atom. The highest BCUT2D eigenvalue weighted by atomic mass is 17.2. The predicted molar refractivity (Wildman–Crippen MR) is 41.7 cm³/mol. The van der Waals surface area contributed by atoms with E-state index in [2.05, 4.69) is 13.8 Å². The molecule has 0 N–H and O–H groups in total. The van der Waals surface area contributed by atoms with Gasteiger partial charge in [-0.25, -0.2) is 9.78 Å². The third-order valence-corrected chi connectivity index (χ3v) is 1.53. The van der Waals surface area contributed by atoms with Gasteiger partial charge in [0, 0.05) is 0 Å². The first-order valence-electron chi connectivity index (χ1n) is 4.02. The van der Waals surface area contributed by atoms with E-state index >= 15 is 0 Å². The van der Waals surface area contributed by atoms with Gasteiger partial charge in [0.1, 0.15) is 0 Å². The first-order chi connectivity index (χ1) is 4.70. The highest BCUT2D eigenvalue weighted by molar-refractivity contribution is 4.42. The van der Waals surface area contributed by atoms with Crippen molar-refractivity contribution < 1.29 is 9.78 Å². The minimum atomic E-state index is 0.217. The van der Waals surface area contributed by atoms with Crippen LogP contribution in [-0.4, -0.2) is 12.2 Å². The van der Waals surface area contributed by atoms with E-state index in [1.807, 2.05) is 13.8 Å². The molecule has 2 unspecified atom stereocenters. The second-order valence-corrected chi connectivity index (χ2v) is 2.63. The van der Waals surface area contributed by atoms with E-state index in [0.29, 0.717) is 0 Å². The second kappa shape index (κ2) is 5.69. The average molecular weight is 146 g/mol. The summed E-state index contributed by atoms with van der Waals surface area (Å²) in [6.07, 6.45) is 2.43. The molecule has 10 heavy (non-hydrogen) atoms. The summed E-state index contributed by atoms with van der Waals surface area (Å²) in [4.78, 5) is 10.1. The van der Waals surface area contributed by atoms with E-state index < -0.39 is 0 Å². The Morgan fingerprint density at radius 3 is 1.40 bits per heavy atom. The molecule has 0 bridgehead atoms. The average Bonchev–Trinajstić information content (AvgIpc) is 1.99. The van der Waals surface area contributed by atoms with Crippen molar-refractivity contribution in [2.75, 3.05) is 0 Å². The van der Waals surface area contributed by atoms with Gasteiger partial charge in [-0.1, -0.05) is 13.8 Å². The van der Waals surface area contributed by atoms with E-state index in [-0.39, 0.29) is 12.2 Å². The minimum absolute atomic E-state index is 0.217. The molecule has 0 radical (unpaired) electrons. The van der Waals surface area contributed by atoms with Gasteiger partial charge < -0.3 is 0 Å². The Bertz CT molecular complexity index is 63.7. The van der Waals surface area contributed by atoms with Crippen LogP contribution in [0.2, 0.25) is 0 Å². The van der Waals surface area contributed by atoms with Gasteiger partial charge in [-0.3, -0.25) is 0 Å². The molecule has 0 rings (SSSR count). The summed E-state index contributed by atoms with van der Waals surface area (Å²) < 4.78 is 0. The van der Waals surface area contributed by atoms with E-state index in [9.17, 15) is 0 Å². The van der Waals surface area contributed by atoms with Crippen LogP contribution in [-0.2, 0) is 9.78 Å². The fraction of sp³-hybridized carbons (Fsp3) is 1.00. The maximum Gasteiger partial charge on any atom is 0.0899 e. The van der Waals surface area contributed by atoms with E-state index in [1.165, 1.54) is 0 Å². The van der Waals surface area contributed by atoms with E-state index in [4.69, 9.17) is 9.78 Å². The van der Waals surface area contributed by atoms with Crippen LogP contribution in [0.1, 0.15) is 40.5 Å². The summed E-state index contributed by atoms with van der Waals surface area (Å²) >= 11 is 0. The van der Waals surface area contributed by atoms with Gasteiger partial charge in [0.05, 0.1) is 12.2 Å². The molecule has 62 valence electrons. The standard InChI is InChI=1S/C8H18O2/c1-5-7(3)9-10-8(4)6-2/h7-8H,5-6H2,1-4H3. The summed E-state index contributed by atoms with van der Waals surface area (Å²) in [5.41, 5.74) is 0. The summed E-state index contributed by atoms with van der Waals surface area (Å²) in [6, 6.07) is 0. The fourth-order valence-electron chi connectivity index (χ4n) is 0.326. The van der Waals surface area contributed by atoms with Gasteiger partial charge in [0.2, 0.25) is 0 Å². The van der Waals surface area contributed by atoms with Crippen LogP contribution < -0.4 is 0 Å². The Balaban J connectivity index is 3.17. The monoisotopic (exact) mass is 146 g/mol. The lowest BCUT2D eigenvalue weighted by Gasteiger charge is -2.13. The topological polar surface area (TPSA) is 18.5 Å². The van der Waals surface area contributed by atoms with Gasteiger partial charge >= 0.3 is 0 Å². The quantitative estimate of drug-likeness (QED) is 0.438. The van der Waals surface area contributed by atoms with Gasteiger partial charge in [-0.15, -0.1) is 0 Å². The predicted octanol–water partition coefficient (Wildman–Crippen LogP) is 2.53. The van der Waals surface area contributed by atoms with Gasteiger partial charge in [0.15, 0.2) is 0 Å². The Kier molecular flexibility index (Phi) is 5.64. The van der Waals surface area contributed by atoms with Gasteiger partial charge in [0.25, 0.3) is 0 Å². The maximum atomic E-state index is 5.04. The summed E-state index contributed by atoms with van der Waals surface area (Å²) in [5.74, 6) is 0. The Hall–Kier alpha value is -0.0800. The van der Waals surface area contributed by atoms with Crippen LogP contribution in [0, 0.1) is 0 Å². The molecule has 2 heteroatoms. The number of rotatable bonds is 5. The zero-order valence-electron chi connectivity index (χ0n) is 7.39. The zero-order valence-corrected chi connectivity index (χ0v) is 7.39. The van der Waals surface area contributed by atoms with Gasteiger partial charge in [-0.05, 0) is 26.7 Å². The normalized spacial score (nSPS) is 16.8. The molecular formula is C8H18O2. The molecule has 2 atom stereocenters. The van der Waals surface area contributed by atoms with Crippen LogP contribution in [0.15, 0.2) is 0 Å². The van der Waals surface area contributed by atoms with Crippen molar-refractivity contribution in [1.82, 2.24) is 0 Å². The molecule has 0 aromatic heterocycles. The third-order valence-electron chi connectivity index (χ3n) is 1.53. The molecule has 0 aromatic carbocycles. The van der Waals surface area contributed by atoms with Crippen molar-refractivity contribution in [1.29, 1.82) is 0 Å². The maximum absolute atomic E-state index is 5.04. The third kappa shape index (κ3) is 4.77. The van der Waals surface area contributed by atoms with Crippen molar-refractivity contribution in [3.8, 4) is 0 Å². The zero-order chi connectivity index (χ0) is 7.98. The van der Waals surface area contributed by atoms with Crippen molar-refractivity contribution in [3.63, 3.8) is 0 Å². The van der Waals surface area contributed by atoms with E-state index in [1.54, 1.807) is 0 Å². The Labute approximate surface area is 63.5 Å². The molecule has 0 fully saturated rings. The highest BCUT2D eigenvalue weighted by Gasteiger charge is 2.02. The molecule has 0 aliphatic rings. The van der Waals surface area contributed by atoms with Crippen molar-refractivity contribution in [3.05, 3.63) is 0 Å². The van der Waals surface area contributed by atoms with Crippen molar-refractivity contribution >= 4 is 0 Å². The lowest BCUT2D eigenvalue weighted by atomic mass is 10.3. The van der Waals surface area contributed by atoms with Crippen LogP contribution in [0.4, 0.5) is 0 Å². The van der Waals surface area contributed by atoms with Crippen molar-refractivity contribution in [2.45, 2.75) is 52.7 Å².